The Bertz CT molecular complexity index is 1320. The Kier molecular flexibility index (Phi) is 10.0. The second-order valence-corrected chi connectivity index (χ2v) is 14.3. The SMILES string of the molecule is O=[P@@]1(c2ccccc2)O[C@H](COCc2ccccc2)[C@@H](OCc2ccccc2)[C@H](OCc2ccccc2)[C@H]1I. The fourth-order valence-electron chi connectivity index (χ4n) is 4.62. The molecule has 1 aliphatic rings. The van der Waals surface area contributed by atoms with E-state index in [1.807, 2.05) is 121 Å². The van der Waals surface area contributed by atoms with E-state index in [4.69, 9.17) is 18.7 Å². The monoisotopic (exact) mass is 654 g/mol. The van der Waals surface area contributed by atoms with Gasteiger partial charge in [0.15, 0.2) is 0 Å². The molecule has 0 saturated carbocycles. The number of benzene rings is 4. The fourth-order valence-corrected chi connectivity index (χ4v) is 8.93. The van der Waals surface area contributed by atoms with E-state index in [-0.39, 0.29) is 6.61 Å². The van der Waals surface area contributed by atoms with Crippen LogP contribution < -0.4 is 5.30 Å². The Morgan fingerprint density at radius 3 is 1.56 bits per heavy atom. The first-order chi connectivity index (χ1) is 19.1. The van der Waals surface area contributed by atoms with E-state index in [0.717, 1.165) is 16.7 Å². The summed E-state index contributed by atoms with van der Waals surface area (Å²) in [6.07, 6.45) is -1.56. The minimum Gasteiger partial charge on any atom is -0.374 e. The van der Waals surface area contributed by atoms with Crippen LogP contribution >= 0.6 is 30.0 Å². The Morgan fingerprint density at radius 2 is 1.05 bits per heavy atom. The van der Waals surface area contributed by atoms with Crippen molar-refractivity contribution >= 4 is 35.3 Å². The number of rotatable bonds is 11. The zero-order valence-corrected chi connectivity index (χ0v) is 24.6. The molecule has 5 rings (SSSR count). The zero-order valence-electron chi connectivity index (χ0n) is 21.6. The molecule has 0 aromatic heterocycles. The highest BCUT2D eigenvalue weighted by molar-refractivity contribution is 14.1. The normalized spacial score (nSPS) is 24.8. The summed E-state index contributed by atoms with van der Waals surface area (Å²) in [7, 11) is -3.33. The number of hydrogen-bond acceptors (Lipinski definition) is 5. The van der Waals surface area contributed by atoms with E-state index in [0.29, 0.717) is 25.1 Å². The fraction of sp³-hybridized carbons (Fsp3) is 0.250. The van der Waals surface area contributed by atoms with Crippen molar-refractivity contribution in [2.45, 2.75) is 41.8 Å². The van der Waals surface area contributed by atoms with Gasteiger partial charge in [0.05, 0.1) is 26.4 Å². The quantitative estimate of drug-likeness (QED) is 0.0979. The largest absolute Gasteiger partial charge is 0.374 e. The molecule has 5 atom stereocenters. The van der Waals surface area contributed by atoms with Crippen LogP contribution in [0.15, 0.2) is 121 Å². The average molecular weight is 654 g/mol. The van der Waals surface area contributed by atoms with Crippen molar-refractivity contribution in [3.63, 3.8) is 0 Å². The molecule has 4 aromatic rings. The van der Waals surface area contributed by atoms with Crippen LogP contribution in [0.4, 0.5) is 0 Å². The Labute approximate surface area is 244 Å². The van der Waals surface area contributed by atoms with Gasteiger partial charge in [-0.2, -0.15) is 0 Å². The summed E-state index contributed by atoms with van der Waals surface area (Å²) in [5, 5.41) is 0.673. The summed E-state index contributed by atoms with van der Waals surface area (Å²) >= 11 is 2.24. The second-order valence-electron chi connectivity index (χ2n) is 9.47. The van der Waals surface area contributed by atoms with Gasteiger partial charge >= 0.3 is 0 Å². The summed E-state index contributed by atoms with van der Waals surface area (Å²) in [4.78, 5) is 0. The van der Waals surface area contributed by atoms with Crippen LogP contribution in [0.3, 0.4) is 0 Å². The van der Waals surface area contributed by atoms with Gasteiger partial charge in [0.25, 0.3) is 0 Å². The molecule has 0 spiro atoms. The second kappa shape index (κ2) is 13.8. The molecule has 202 valence electrons. The average Bonchev–Trinajstić information content (AvgIpc) is 2.99. The third kappa shape index (κ3) is 7.26. The Balaban J connectivity index is 1.43. The minimum atomic E-state index is -3.33. The van der Waals surface area contributed by atoms with E-state index >= 15 is 0 Å². The van der Waals surface area contributed by atoms with Gasteiger partial charge in [-0.15, -0.1) is 0 Å². The van der Waals surface area contributed by atoms with Crippen molar-refractivity contribution in [2.24, 2.45) is 0 Å². The van der Waals surface area contributed by atoms with Gasteiger partial charge in [0, 0.05) is 5.30 Å². The lowest BCUT2D eigenvalue weighted by Gasteiger charge is -2.44. The third-order valence-electron chi connectivity index (χ3n) is 6.66. The van der Waals surface area contributed by atoms with Crippen LogP contribution in [0.5, 0.6) is 0 Å². The van der Waals surface area contributed by atoms with Crippen LogP contribution in [-0.2, 0) is 43.1 Å². The molecule has 0 aliphatic carbocycles. The van der Waals surface area contributed by atoms with Gasteiger partial charge in [-0.05, 0) is 28.8 Å². The molecule has 1 aliphatic heterocycles. The van der Waals surface area contributed by atoms with Crippen molar-refractivity contribution in [2.75, 3.05) is 6.61 Å². The predicted molar refractivity (Wildman–Crippen MR) is 162 cm³/mol. The first-order valence-corrected chi connectivity index (χ1v) is 16.0. The van der Waals surface area contributed by atoms with Gasteiger partial charge in [0.2, 0.25) is 7.37 Å². The lowest BCUT2D eigenvalue weighted by molar-refractivity contribution is -0.145. The van der Waals surface area contributed by atoms with Crippen LogP contribution in [0.2, 0.25) is 0 Å². The number of hydrogen-bond donors (Lipinski definition) is 0. The Hall–Kier alpha value is -2.32. The molecular formula is C32H32IO5P. The maximum atomic E-state index is 14.6. The standard InChI is InChI=1S/C32H32IO5P/c33-32-31(37-23-27-17-9-3-10-18-27)30(36-22-26-15-7-2-8-16-26)29(24-35-21-25-13-5-1-6-14-25)38-39(32,34)28-19-11-4-12-20-28/h1-20,29-32H,21-24H2/t29-,30-,31+,32+,39+/m1/s1. The molecule has 0 radical (unpaired) electrons. The molecule has 4 aromatic carbocycles. The summed E-state index contributed by atoms with van der Waals surface area (Å²) in [5.41, 5.74) is 3.15. The molecule has 1 fully saturated rings. The topological polar surface area (TPSA) is 54.0 Å². The van der Waals surface area contributed by atoms with Gasteiger partial charge in [-0.3, -0.25) is 4.57 Å². The zero-order chi connectivity index (χ0) is 26.9. The first kappa shape index (κ1) is 28.2. The van der Waals surface area contributed by atoms with Crippen LogP contribution in [-0.4, -0.2) is 28.6 Å². The summed E-state index contributed by atoms with van der Waals surface area (Å²) in [6, 6.07) is 39.5. The van der Waals surface area contributed by atoms with E-state index in [1.54, 1.807) is 0 Å². The maximum absolute atomic E-state index is 14.6. The highest BCUT2D eigenvalue weighted by Crippen LogP contribution is 2.60. The highest BCUT2D eigenvalue weighted by atomic mass is 127. The first-order valence-electron chi connectivity index (χ1n) is 13.0. The molecular weight excluding hydrogens is 622 g/mol. The van der Waals surface area contributed by atoms with Gasteiger partial charge in [-0.1, -0.05) is 132 Å². The molecule has 1 heterocycles. The number of halogens is 1. The number of alkyl halides is 1. The van der Waals surface area contributed by atoms with E-state index < -0.39 is 29.3 Å². The number of ether oxygens (including phenoxy) is 3. The molecule has 0 amide bonds. The molecule has 39 heavy (non-hydrogen) atoms. The summed E-state index contributed by atoms with van der Waals surface area (Å²) in [5.74, 6) is 0. The molecule has 0 N–H and O–H groups in total. The lowest BCUT2D eigenvalue weighted by Crippen LogP contribution is -2.53. The van der Waals surface area contributed by atoms with Crippen molar-refractivity contribution in [1.29, 1.82) is 0 Å². The van der Waals surface area contributed by atoms with Crippen LogP contribution in [0, 0.1) is 0 Å². The molecule has 1 saturated heterocycles. The third-order valence-corrected chi connectivity index (χ3v) is 12.1. The summed E-state index contributed by atoms with van der Waals surface area (Å²) in [6.45, 7) is 1.40. The molecule has 0 unspecified atom stereocenters. The van der Waals surface area contributed by atoms with Crippen LogP contribution in [0.1, 0.15) is 16.7 Å². The maximum Gasteiger partial charge on any atom is 0.247 e. The van der Waals surface area contributed by atoms with Gasteiger partial charge in [0.1, 0.15) is 22.0 Å². The predicted octanol–water partition coefficient (Wildman–Crippen LogP) is 7.14. The van der Waals surface area contributed by atoms with E-state index in [1.165, 1.54) is 0 Å². The highest BCUT2D eigenvalue weighted by Gasteiger charge is 2.53. The molecule has 7 heteroatoms. The van der Waals surface area contributed by atoms with Gasteiger partial charge in [-0.25, -0.2) is 0 Å². The molecule has 5 nitrogen and oxygen atoms in total. The lowest BCUT2D eigenvalue weighted by atomic mass is 10.1. The summed E-state index contributed by atoms with van der Waals surface area (Å²) < 4.78 is 39.9. The van der Waals surface area contributed by atoms with Crippen molar-refractivity contribution in [1.82, 2.24) is 0 Å². The van der Waals surface area contributed by atoms with Gasteiger partial charge < -0.3 is 18.7 Å². The smallest absolute Gasteiger partial charge is 0.247 e. The molecule has 0 bridgehead atoms. The van der Waals surface area contributed by atoms with E-state index in [2.05, 4.69) is 22.6 Å². The Morgan fingerprint density at radius 1 is 0.615 bits per heavy atom. The van der Waals surface area contributed by atoms with Crippen molar-refractivity contribution in [3.8, 4) is 0 Å². The minimum absolute atomic E-state index is 0.222. The van der Waals surface area contributed by atoms with E-state index in [9.17, 15) is 4.57 Å². The van der Waals surface area contributed by atoms with Crippen LogP contribution in [0.25, 0.3) is 0 Å². The van der Waals surface area contributed by atoms with Crippen molar-refractivity contribution < 1.29 is 23.3 Å². The van der Waals surface area contributed by atoms with Crippen molar-refractivity contribution in [3.05, 3.63) is 138 Å².